The third-order valence-electron chi connectivity index (χ3n) is 3.84. The molecule has 0 aliphatic carbocycles. The van der Waals surface area contributed by atoms with E-state index in [-0.39, 0.29) is 12.1 Å². The highest BCUT2D eigenvalue weighted by Gasteiger charge is 2.33. The Labute approximate surface area is 151 Å². The zero-order valence-corrected chi connectivity index (χ0v) is 15.9. The van der Waals surface area contributed by atoms with Gasteiger partial charge >= 0.3 is 6.18 Å². The average Bonchev–Trinajstić information content (AvgIpc) is 2.84. The summed E-state index contributed by atoms with van der Waals surface area (Å²) in [6.45, 7) is 3.56. The molecule has 0 aliphatic heterocycles. The Balaban J connectivity index is 2.48. The maximum atomic E-state index is 13.6. The highest BCUT2D eigenvalue weighted by Crippen LogP contribution is 2.34. The molecule has 0 radical (unpaired) electrons. The van der Waals surface area contributed by atoms with E-state index >= 15 is 0 Å². The van der Waals surface area contributed by atoms with E-state index < -0.39 is 11.7 Å². The molecule has 1 aromatic carbocycles. The first-order chi connectivity index (χ1) is 12.0. The lowest BCUT2D eigenvalue weighted by Gasteiger charge is -2.23. The second-order valence-electron chi connectivity index (χ2n) is 6.58. The number of hydrogen-bond donors (Lipinski definition) is 0. The number of nitrogens with zero attached hydrogens (tertiary/aromatic N) is 5. The first-order valence-corrected chi connectivity index (χ1v) is 8.13. The average molecular weight is 367 g/mol. The van der Waals surface area contributed by atoms with Crippen LogP contribution in [0.5, 0.6) is 0 Å². The van der Waals surface area contributed by atoms with Crippen molar-refractivity contribution in [3.05, 3.63) is 46.8 Å². The van der Waals surface area contributed by atoms with Crippen LogP contribution in [0.25, 0.3) is 5.69 Å². The molecule has 0 amide bonds. The van der Waals surface area contributed by atoms with Gasteiger partial charge in [-0.1, -0.05) is 6.07 Å². The molecule has 0 fully saturated rings. The summed E-state index contributed by atoms with van der Waals surface area (Å²) < 4.78 is 42.3. The summed E-state index contributed by atoms with van der Waals surface area (Å²) >= 11 is 0. The third kappa shape index (κ3) is 4.36. The van der Waals surface area contributed by atoms with Gasteiger partial charge in [-0.3, -0.25) is 0 Å². The van der Waals surface area contributed by atoms with Crippen molar-refractivity contribution in [1.82, 2.24) is 19.6 Å². The lowest BCUT2D eigenvalue weighted by atomic mass is 10.1. The molecule has 2 rings (SSSR count). The molecular weight excluding hydrogens is 343 g/mol. The molecule has 0 unspecified atom stereocenters. The molecule has 0 N–H and O–H groups in total. The maximum Gasteiger partial charge on any atom is 0.416 e. The minimum atomic E-state index is -4.46. The predicted molar refractivity (Wildman–Crippen MR) is 96.6 cm³/mol. The van der Waals surface area contributed by atoms with Gasteiger partial charge in [-0.15, -0.1) is 0 Å². The maximum absolute atomic E-state index is 13.6. The summed E-state index contributed by atoms with van der Waals surface area (Å²) in [7, 11) is 7.20. The smallest absolute Gasteiger partial charge is 0.349 e. The quantitative estimate of drug-likeness (QED) is 0.616. The fourth-order valence-electron chi connectivity index (χ4n) is 2.83. The van der Waals surface area contributed by atoms with Crippen molar-refractivity contribution in [3.8, 4) is 5.69 Å². The number of rotatable bonds is 3. The van der Waals surface area contributed by atoms with Crippen LogP contribution in [0.3, 0.4) is 0 Å². The van der Waals surface area contributed by atoms with Gasteiger partial charge in [0.15, 0.2) is 5.96 Å². The fraction of sp³-hybridized carbons (Fsp3) is 0.444. The molecule has 142 valence electrons. The zero-order chi connectivity index (χ0) is 19.6. The number of benzene rings is 1. The Bertz CT molecular complexity index is 794. The number of alkyl halides is 3. The number of aromatic nitrogens is 2. The number of halogens is 3. The highest BCUT2D eigenvalue weighted by molar-refractivity contribution is 5.79. The second-order valence-corrected chi connectivity index (χ2v) is 6.58. The van der Waals surface area contributed by atoms with E-state index in [0.717, 1.165) is 17.5 Å². The van der Waals surface area contributed by atoms with Crippen LogP contribution in [-0.2, 0) is 12.7 Å². The molecule has 5 nitrogen and oxygen atoms in total. The molecule has 0 aliphatic rings. The molecule has 0 bridgehead atoms. The Kier molecular flexibility index (Phi) is 5.63. The summed E-state index contributed by atoms with van der Waals surface area (Å²) in [4.78, 5) is 7.86. The first-order valence-electron chi connectivity index (χ1n) is 8.13. The van der Waals surface area contributed by atoms with Crippen LogP contribution in [0.2, 0.25) is 0 Å². The van der Waals surface area contributed by atoms with Crippen LogP contribution in [0.4, 0.5) is 13.2 Å². The molecule has 0 saturated heterocycles. The van der Waals surface area contributed by atoms with Crippen molar-refractivity contribution in [1.29, 1.82) is 0 Å². The van der Waals surface area contributed by atoms with E-state index in [4.69, 9.17) is 0 Å². The number of aliphatic imine (C=N–C) groups is 1. The summed E-state index contributed by atoms with van der Waals surface area (Å²) in [5.41, 5.74) is 1.36. The molecule has 26 heavy (non-hydrogen) atoms. The molecule has 0 atom stereocenters. The molecular formula is C18H24F3N5. The third-order valence-corrected chi connectivity index (χ3v) is 3.84. The van der Waals surface area contributed by atoms with Crippen LogP contribution in [0.1, 0.15) is 22.5 Å². The number of hydrogen-bond acceptors (Lipinski definition) is 2. The predicted octanol–water partition coefficient (Wildman–Crippen LogP) is 3.49. The van der Waals surface area contributed by atoms with E-state index in [1.807, 2.05) is 13.0 Å². The Morgan fingerprint density at radius 1 is 1.08 bits per heavy atom. The van der Waals surface area contributed by atoms with Crippen molar-refractivity contribution in [2.24, 2.45) is 4.99 Å². The molecule has 8 heteroatoms. The van der Waals surface area contributed by atoms with Gasteiger partial charge in [-0.05, 0) is 37.6 Å². The zero-order valence-electron chi connectivity index (χ0n) is 15.9. The van der Waals surface area contributed by atoms with E-state index in [9.17, 15) is 13.2 Å². The lowest BCUT2D eigenvalue weighted by Crippen LogP contribution is -2.35. The minimum Gasteiger partial charge on any atom is -0.349 e. The number of aryl methyl sites for hydroxylation is 2. The van der Waals surface area contributed by atoms with Crippen LogP contribution >= 0.6 is 0 Å². The van der Waals surface area contributed by atoms with Crippen molar-refractivity contribution in [2.45, 2.75) is 26.6 Å². The summed E-state index contributed by atoms with van der Waals surface area (Å²) in [5, 5.41) is 4.26. The highest BCUT2D eigenvalue weighted by atomic mass is 19.4. The summed E-state index contributed by atoms with van der Waals surface area (Å²) in [5.74, 6) is 0.598. The first kappa shape index (κ1) is 19.8. The standard InChI is InChI=1S/C18H24F3N5/c1-12-9-13(2)26(23-12)15-8-7-14(16(10-15)18(19,20)21)11-22-17(24(3)4)25(5)6/h7-10H,11H2,1-6H3. The van der Waals surface area contributed by atoms with Crippen molar-refractivity contribution < 1.29 is 13.2 Å². The number of guanidine groups is 1. The fourth-order valence-corrected chi connectivity index (χ4v) is 2.83. The van der Waals surface area contributed by atoms with Crippen LogP contribution in [0.15, 0.2) is 29.3 Å². The van der Waals surface area contributed by atoms with E-state index in [0.29, 0.717) is 11.6 Å². The second kappa shape index (κ2) is 7.39. The van der Waals surface area contributed by atoms with Crippen LogP contribution in [-0.4, -0.2) is 53.7 Å². The lowest BCUT2D eigenvalue weighted by molar-refractivity contribution is -0.138. The Hall–Kier alpha value is -2.51. The SMILES string of the molecule is Cc1cc(C)n(-c2ccc(CN=C(N(C)C)N(C)C)c(C(F)(F)F)c2)n1. The molecule has 1 heterocycles. The van der Waals surface area contributed by atoms with E-state index in [2.05, 4.69) is 10.1 Å². The van der Waals surface area contributed by atoms with E-state index in [1.54, 1.807) is 51.0 Å². The normalized spacial score (nSPS) is 11.4. The van der Waals surface area contributed by atoms with Gasteiger partial charge in [-0.25, -0.2) is 9.67 Å². The van der Waals surface area contributed by atoms with Gasteiger partial charge < -0.3 is 9.80 Å². The minimum absolute atomic E-state index is 0.0576. The molecule has 0 spiro atoms. The summed E-state index contributed by atoms with van der Waals surface area (Å²) in [6.07, 6.45) is -4.46. The van der Waals surface area contributed by atoms with Gasteiger partial charge in [0.25, 0.3) is 0 Å². The van der Waals surface area contributed by atoms with E-state index in [1.165, 1.54) is 10.7 Å². The monoisotopic (exact) mass is 367 g/mol. The van der Waals surface area contributed by atoms with Gasteiger partial charge in [0.05, 0.1) is 23.5 Å². The van der Waals surface area contributed by atoms with Gasteiger partial charge in [0.2, 0.25) is 0 Å². The molecule has 2 aromatic rings. The molecule has 0 saturated carbocycles. The van der Waals surface area contributed by atoms with Gasteiger partial charge in [-0.2, -0.15) is 18.3 Å². The van der Waals surface area contributed by atoms with Crippen molar-refractivity contribution >= 4 is 5.96 Å². The van der Waals surface area contributed by atoms with Gasteiger partial charge in [0.1, 0.15) is 0 Å². The summed E-state index contributed by atoms with van der Waals surface area (Å²) in [6, 6.07) is 6.08. The van der Waals surface area contributed by atoms with Gasteiger partial charge in [0, 0.05) is 33.9 Å². The van der Waals surface area contributed by atoms with Crippen LogP contribution in [0, 0.1) is 13.8 Å². The van der Waals surface area contributed by atoms with Crippen molar-refractivity contribution in [2.75, 3.05) is 28.2 Å². The van der Waals surface area contributed by atoms with Crippen LogP contribution < -0.4 is 0 Å². The topological polar surface area (TPSA) is 36.7 Å². The molecule has 1 aromatic heterocycles. The Morgan fingerprint density at radius 2 is 1.69 bits per heavy atom. The Morgan fingerprint density at radius 3 is 2.15 bits per heavy atom. The van der Waals surface area contributed by atoms with Crippen molar-refractivity contribution in [3.63, 3.8) is 0 Å². The largest absolute Gasteiger partial charge is 0.416 e.